The molecule has 16 N–H and O–H groups in total. The van der Waals surface area contributed by atoms with Crippen LogP contribution in [-0.2, 0) is 43.0 Å². The number of carboxylic acids is 1. The lowest BCUT2D eigenvalue weighted by molar-refractivity contribution is -0.281. The van der Waals surface area contributed by atoms with Gasteiger partial charge in [0.25, 0.3) is 0 Å². The summed E-state index contributed by atoms with van der Waals surface area (Å²) in [6, 6.07) is -10.7. The third kappa shape index (κ3) is 13.9. The van der Waals surface area contributed by atoms with E-state index in [-0.39, 0.29) is 0 Å². The van der Waals surface area contributed by atoms with Gasteiger partial charge in [0.05, 0.1) is 37.1 Å². The fourth-order valence-electron chi connectivity index (χ4n) is 4.96. The lowest BCUT2D eigenvalue weighted by Crippen LogP contribution is -2.67. The van der Waals surface area contributed by atoms with Crippen LogP contribution in [0.15, 0.2) is 0 Å². The normalized spacial score (nSPS) is 25.4. The fraction of sp³-hybridized carbons (Fsp3) is 0.767. The van der Waals surface area contributed by atoms with Gasteiger partial charge >= 0.3 is 5.97 Å². The topological polar surface area (TPSA) is 398 Å². The van der Waals surface area contributed by atoms with Gasteiger partial charge in [-0.1, -0.05) is 0 Å². The number of ether oxygens (including phenoxy) is 2. The van der Waals surface area contributed by atoms with Crippen LogP contribution in [0.1, 0.15) is 41.5 Å². The average molecular weight is 784 g/mol. The van der Waals surface area contributed by atoms with Crippen molar-refractivity contribution in [3.8, 4) is 0 Å². The SMILES string of the molecule is CC(=O)N[C@H]1[C@H](O[C@H](C)[C@H](NC(=O)[C@@H](NC(=O)[C@@H](N)[C@@H](C)O)[C@@H](C)O)C(=O)N[C@H](C(=O)N[C@H](C(=O)NCC(=O)O)[C@@H](C)O)[C@@H](C)O)O[C@H](CO)[C@@H](O)[C@@H]1O. The van der Waals surface area contributed by atoms with E-state index < -0.39 is 146 Å². The third-order valence-corrected chi connectivity index (χ3v) is 8.07. The van der Waals surface area contributed by atoms with Crippen LogP contribution < -0.4 is 37.6 Å². The second-order valence-electron chi connectivity index (χ2n) is 12.8. The van der Waals surface area contributed by atoms with Gasteiger partial charge in [0.15, 0.2) is 6.29 Å². The number of aliphatic hydroxyl groups excluding tert-OH is 7. The van der Waals surface area contributed by atoms with Gasteiger partial charge in [0, 0.05) is 6.92 Å². The summed E-state index contributed by atoms with van der Waals surface area (Å²) >= 11 is 0. The highest BCUT2D eigenvalue weighted by Crippen LogP contribution is 2.24. The number of carbonyl (C=O) groups is 7. The zero-order valence-electron chi connectivity index (χ0n) is 30.4. The molecule has 24 nitrogen and oxygen atoms in total. The van der Waals surface area contributed by atoms with Gasteiger partial charge < -0.3 is 88.0 Å². The molecule has 0 spiro atoms. The van der Waals surface area contributed by atoms with Gasteiger partial charge in [0.1, 0.15) is 61.1 Å². The maximum Gasteiger partial charge on any atom is 0.322 e. The van der Waals surface area contributed by atoms with Crippen molar-refractivity contribution in [3.05, 3.63) is 0 Å². The highest BCUT2D eigenvalue weighted by atomic mass is 16.7. The molecule has 0 saturated carbocycles. The number of rotatable bonds is 20. The minimum atomic E-state index is -1.99. The molecule has 1 heterocycles. The fourth-order valence-corrected chi connectivity index (χ4v) is 4.96. The summed E-state index contributed by atoms with van der Waals surface area (Å²) in [5.41, 5.74) is 5.63. The molecule has 1 aliphatic rings. The molecule has 0 aromatic carbocycles. The lowest BCUT2D eigenvalue weighted by Gasteiger charge is -2.43. The van der Waals surface area contributed by atoms with Crippen LogP contribution in [0.3, 0.4) is 0 Å². The number of amides is 6. The summed E-state index contributed by atoms with van der Waals surface area (Å²) in [5, 5.41) is 93.0. The molecule has 0 bridgehead atoms. The number of hydrogen-bond donors (Lipinski definition) is 15. The first-order valence-electron chi connectivity index (χ1n) is 16.7. The molecule has 310 valence electrons. The van der Waals surface area contributed by atoms with E-state index in [1.165, 1.54) is 6.92 Å². The molecule has 15 atom stereocenters. The smallest absolute Gasteiger partial charge is 0.322 e. The number of aliphatic carboxylic acids is 1. The maximum atomic E-state index is 13.9. The van der Waals surface area contributed by atoms with Crippen LogP contribution in [0.5, 0.6) is 0 Å². The highest BCUT2D eigenvalue weighted by molar-refractivity contribution is 5.97. The van der Waals surface area contributed by atoms with Crippen LogP contribution in [-0.4, -0.2) is 187 Å². The summed E-state index contributed by atoms with van der Waals surface area (Å²) in [7, 11) is 0. The molecule has 0 aliphatic carbocycles. The van der Waals surface area contributed by atoms with Crippen molar-refractivity contribution in [1.29, 1.82) is 0 Å². The lowest BCUT2D eigenvalue weighted by atomic mass is 9.96. The molecule has 0 aromatic heterocycles. The van der Waals surface area contributed by atoms with Gasteiger partial charge in [0.2, 0.25) is 35.4 Å². The monoisotopic (exact) mass is 783 g/mol. The van der Waals surface area contributed by atoms with E-state index in [2.05, 4.69) is 26.6 Å². The first-order chi connectivity index (χ1) is 24.9. The molecule has 6 amide bonds. The Kier molecular flexibility index (Phi) is 19.2. The quantitative estimate of drug-likeness (QED) is 0.0545. The molecule has 1 saturated heterocycles. The van der Waals surface area contributed by atoms with E-state index in [0.29, 0.717) is 0 Å². The Morgan fingerprint density at radius 3 is 1.52 bits per heavy atom. The molecule has 24 heteroatoms. The van der Waals surface area contributed by atoms with Gasteiger partial charge in [-0.05, 0) is 34.6 Å². The summed E-state index contributed by atoms with van der Waals surface area (Å²) < 4.78 is 11.3. The van der Waals surface area contributed by atoms with Crippen LogP contribution in [0.25, 0.3) is 0 Å². The minimum Gasteiger partial charge on any atom is -0.480 e. The molecule has 0 unspecified atom stereocenters. The number of carbonyl (C=O) groups excluding carboxylic acids is 6. The van der Waals surface area contributed by atoms with E-state index in [0.717, 1.165) is 34.6 Å². The van der Waals surface area contributed by atoms with Crippen molar-refractivity contribution < 1.29 is 83.9 Å². The van der Waals surface area contributed by atoms with Crippen molar-refractivity contribution in [2.45, 2.75) is 133 Å². The predicted octanol–water partition coefficient (Wildman–Crippen LogP) is -8.67. The Hall–Kier alpha value is -4.11. The van der Waals surface area contributed by atoms with Crippen molar-refractivity contribution in [3.63, 3.8) is 0 Å². The van der Waals surface area contributed by atoms with E-state index in [4.69, 9.17) is 20.3 Å². The van der Waals surface area contributed by atoms with Crippen molar-refractivity contribution in [1.82, 2.24) is 31.9 Å². The van der Waals surface area contributed by atoms with Crippen molar-refractivity contribution >= 4 is 41.4 Å². The van der Waals surface area contributed by atoms with Crippen molar-refractivity contribution in [2.24, 2.45) is 5.73 Å². The minimum absolute atomic E-state index is 0.731. The number of aliphatic hydroxyl groups is 7. The molecule has 54 heavy (non-hydrogen) atoms. The Balaban J connectivity index is 3.57. The van der Waals surface area contributed by atoms with Crippen LogP contribution in [0.4, 0.5) is 0 Å². The standard InChI is InChI=1S/C30H53N7O17/c1-9(39)17(31)25(48)34-19(11(3)41)28(51)37-21(13(5)53-30-22(33-14(6)43)24(47)23(46)15(8-38)54-30)29(52)36-20(12(4)42)27(50)35-18(10(2)40)26(49)32-7-16(44)45/h9-13,15,17-24,30,38-42,46-47H,7-8,31H2,1-6H3,(H,32,49)(H,33,43)(H,34,48)(H,35,50)(H,36,52)(H,37,51)(H,44,45)/t9-,10-,11-,12-,13-,15-,17+,18+,19+,20+,21+,22-,23-,24-,30-/m1/s1. The summed E-state index contributed by atoms with van der Waals surface area (Å²) in [6.45, 7) is 4.86. The second-order valence-corrected chi connectivity index (χ2v) is 12.8. The number of hydrogen-bond acceptors (Lipinski definition) is 17. The maximum absolute atomic E-state index is 13.9. The zero-order chi connectivity index (χ0) is 41.8. The van der Waals surface area contributed by atoms with E-state index >= 15 is 0 Å². The van der Waals surface area contributed by atoms with Crippen LogP contribution in [0, 0.1) is 0 Å². The molecule has 1 fully saturated rings. The molecule has 0 aromatic rings. The first-order valence-corrected chi connectivity index (χ1v) is 16.7. The van der Waals surface area contributed by atoms with E-state index in [9.17, 15) is 69.3 Å². The van der Waals surface area contributed by atoms with Crippen molar-refractivity contribution in [2.75, 3.05) is 13.2 Å². The van der Waals surface area contributed by atoms with Crippen LogP contribution in [0.2, 0.25) is 0 Å². The van der Waals surface area contributed by atoms with Gasteiger partial charge in [-0.2, -0.15) is 0 Å². The largest absolute Gasteiger partial charge is 0.480 e. The predicted molar refractivity (Wildman–Crippen MR) is 179 cm³/mol. The summed E-state index contributed by atoms with van der Waals surface area (Å²) in [5.74, 6) is -8.26. The molecule has 1 aliphatic heterocycles. The molecular weight excluding hydrogens is 730 g/mol. The third-order valence-electron chi connectivity index (χ3n) is 8.07. The summed E-state index contributed by atoms with van der Waals surface area (Å²) in [4.78, 5) is 88.5. The average Bonchev–Trinajstić information content (AvgIpc) is 3.07. The molecular formula is C30H53N7O17. The van der Waals surface area contributed by atoms with E-state index in [1.54, 1.807) is 0 Å². The Bertz CT molecular complexity index is 1320. The van der Waals surface area contributed by atoms with E-state index in [1.807, 2.05) is 5.32 Å². The zero-order valence-corrected chi connectivity index (χ0v) is 30.4. The number of carboxylic acid groups (broad SMARTS) is 1. The number of nitrogens with one attached hydrogen (secondary N) is 6. The Labute approximate surface area is 309 Å². The Morgan fingerprint density at radius 1 is 0.685 bits per heavy atom. The first kappa shape index (κ1) is 47.9. The molecule has 0 radical (unpaired) electrons. The second kappa shape index (κ2) is 21.7. The van der Waals surface area contributed by atoms with Gasteiger partial charge in [-0.25, -0.2) is 0 Å². The molecule has 1 rings (SSSR count). The number of nitrogens with two attached hydrogens (primary N) is 1. The summed E-state index contributed by atoms with van der Waals surface area (Å²) in [6.07, 6.45) is -14.8. The highest BCUT2D eigenvalue weighted by Gasteiger charge is 2.47. The van der Waals surface area contributed by atoms with Crippen LogP contribution >= 0.6 is 0 Å². The van der Waals surface area contributed by atoms with Gasteiger partial charge in [-0.3, -0.25) is 33.6 Å². The Morgan fingerprint density at radius 2 is 1.11 bits per heavy atom. The van der Waals surface area contributed by atoms with Gasteiger partial charge in [-0.15, -0.1) is 0 Å².